The van der Waals surface area contributed by atoms with Crippen LogP contribution in [0.15, 0.2) is 12.4 Å². The number of ether oxygens (including phenoxy) is 1. The van der Waals surface area contributed by atoms with E-state index in [1.807, 2.05) is 11.8 Å². The Morgan fingerprint density at radius 1 is 1.53 bits per heavy atom. The summed E-state index contributed by atoms with van der Waals surface area (Å²) < 4.78 is 5.07. The maximum atomic E-state index is 12.2. The molecule has 1 aromatic rings. The first-order valence-electron chi connectivity index (χ1n) is 6.67. The molecule has 1 amide bonds. The summed E-state index contributed by atoms with van der Waals surface area (Å²) in [4.78, 5) is 25.7. The van der Waals surface area contributed by atoms with E-state index in [0.717, 1.165) is 6.42 Å². The highest BCUT2D eigenvalue weighted by atomic mass is 16.5. The van der Waals surface area contributed by atoms with Crippen LogP contribution < -0.4 is 0 Å². The van der Waals surface area contributed by atoms with Gasteiger partial charge in [-0.1, -0.05) is 0 Å². The van der Waals surface area contributed by atoms with E-state index in [2.05, 4.69) is 10.2 Å². The number of likely N-dealkylation sites (tertiary alicyclic amines) is 1. The van der Waals surface area contributed by atoms with Crippen LogP contribution in [-0.2, 0) is 9.53 Å². The molecule has 3 atom stereocenters. The van der Waals surface area contributed by atoms with Gasteiger partial charge in [0.2, 0.25) is 0 Å². The highest BCUT2D eigenvalue weighted by Crippen LogP contribution is 2.52. The van der Waals surface area contributed by atoms with Crippen molar-refractivity contribution in [1.29, 1.82) is 0 Å². The molecule has 6 nitrogen and oxygen atoms in total. The number of fused-ring (bicyclic) bond motifs is 1. The predicted octanol–water partition coefficient (Wildman–Crippen LogP) is 0.681. The lowest BCUT2D eigenvalue weighted by molar-refractivity contribution is -0.145. The van der Waals surface area contributed by atoms with Crippen molar-refractivity contribution >= 4 is 11.9 Å². The number of hydrogen-bond donors (Lipinski definition) is 1. The molecule has 102 valence electrons. The molecule has 2 fully saturated rings. The number of aromatic amines is 1. The SMILES string of the molecule is CCOC(=O)[C@@H]1[C@@H]2CCN(C(=O)c3cn[nH]c3)C[C@@H]21. The summed E-state index contributed by atoms with van der Waals surface area (Å²) in [5, 5.41) is 6.43. The lowest BCUT2D eigenvalue weighted by Gasteiger charge is -2.25. The van der Waals surface area contributed by atoms with Crippen molar-refractivity contribution in [1.82, 2.24) is 15.1 Å². The molecule has 19 heavy (non-hydrogen) atoms. The fourth-order valence-electron chi connectivity index (χ4n) is 3.06. The second-order valence-corrected chi connectivity index (χ2v) is 5.13. The number of carbonyl (C=O) groups is 2. The molecule has 1 N–H and O–H groups in total. The molecule has 0 unspecified atom stereocenters. The van der Waals surface area contributed by atoms with E-state index in [9.17, 15) is 9.59 Å². The molecule has 2 heterocycles. The van der Waals surface area contributed by atoms with E-state index < -0.39 is 0 Å². The van der Waals surface area contributed by atoms with Gasteiger partial charge in [0.25, 0.3) is 5.91 Å². The van der Waals surface area contributed by atoms with E-state index in [4.69, 9.17) is 4.74 Å². The second-order valence-electron chi connectivity index (χ2n) is 5.13. The van der Waals surface area contributed by atoms with E-state index in [1.54, 1.807) is 6.20 Å². The molecule has 3 rings (SSSR count). The monoisotopic (exact) mass is 263 g/mol. The number of esters is 1. The Morgan fingerprint density at radius 2 is 2.37 bits per heavy atom. The van der Waals surface area contributed by atoms with Gasteiger partial charge in [-0.05, 0) is 25.2 Å². The highest BCUT2D eigenvalue weighted by Gasteiger charge is 2.58. The first kappa shape index (κ1) is 12.2. The van der Waals surface area contributed by atoms with Crippen LogP contribution in [0.1, 0.15) is 23.7 Å². The third kappa shape index (κ3) is 2.11. The van der Waals surface area contributed by atoms with Crippen LogP contribution in [0.3, 0.4) is 0 Å². The van der Waals surface area contributed by atoms with Gasteiger partial charge in [-0.2, -0.15) is 5.10 Å². The Morgan fingerprint density at radius 3 is 3.05 bits per heavy atom. The van der Waals surface area contributed by atoms with Crippen LogP contribution in [0.25, 0.3) is 0 Å². The Balaban J connectivity index is 1.62. The topological polar surface area (TPSA) is 75.3 Å². The molecule has 1 aromatic heterocycles. The Kier molecular flexibility index (Phi) is 3.00. The zero-order valence-electron chi connectivity index (χ0n) is 10.8. The summed E-state index contributed by atoms with van der Waals surface area (Å²) in [5.74, 6) is 0.579. The number of rotatable bonds is 3. The Labute approximate surface area is 111 Å². The average Bonchev–Trinajstić information content (AvgIpc) is 2.87. The summed E-state index contributed by atoms with van der Waals surface area (Å²) >= 11 is 0. The van der Waals surface area contributed by atoms with Gasteiger partial charge in [0.15, 0.2) is 0 Å². The van der Waals surface area contributed by atoms with Crippen molar-refractivity contribution < 1.29 is 14.3 Å². The van der Waals surface area contributed by atoms with Crippen molar-refractivity contribution in [3.8, 4) is 0 Å². The molecule has 6 heteroatoms. The molecule has 2 aliphatic rings. The summed E-state index contributed by atoms with van der Waals surface area (Å²) in [6.07, 6.45) is 4.02. The van der Waals surface area contributed by atoms with E-state index in [-0.39, 0.29) is 23.7 Å². The second kappa shape index (κ2) is 4.68. The maximum absolute atomic E-state index is 12.2. The summed E-state index contributed by atoms with van der Waals surface area (Å²) in [7, 11) is 0. The first-order chi connectivity index (χ1) is 9.22. The molecule has 1 saturated carbocycles. The van der Waals surface area contributed by atoms with Gasteiger partial charge in [0.1, 0.15) is 0 Å². The zero-order valence-corrected chi connectivity index (χ0v) is 10.8. The number of aromatic nitrogens is 2. The van der Waals surface area contributed by atoms with Gasteiger partial charge in [-0.3, -0.25) is 14.7 Å². The van der Waals surface area contributed by atoms with Crippen molar-refractivity contribution in [3.63, 3.8) is 0 Å². The molecular formula is C13H17N3O3. The molecule has 1 aliphatic heterocycles. The molecule has 1 aliphatic carbocycles. The normalized spacial score (nSPS) is 28.7. The van der Waals surface area contributed by atoms with Crippen LogP contribution in [0.5, 0.6) is 0 Å². The average molecular weight is 263 g/mol. The molecule has 1 saturated heterocycles. The largest absolute Gasteiger partial charge is 0.466 e. The third-order valence-corrected chi connectivity index (χ3v) is 4.09. The number of piperidine rings is 1. The van der Waals surface area contributed by atoms with E-state index in [0.29, 0.717) is 31.2 Å². The van der Waals surface area contributed by atoms with Crippen LogP contribution in [0.2, 0.25) is 0 Å². The smallest absolute Gasteiger partial charge is 0.309 e. The van der Waals surface area contributed by atoms with Crippen LogP contribution in [0, 0.1) is 17.8 Å². The van der Waals surface area contributed by atoms with E-state index >= 15 is 0 Å². The minimum atomic E-state index is -0.102. The minimum absolute atomic E-state index is 0.00194. The summed E-state index contributed by atoms with van der Waals surface area (Å²) in [6.45, 7) is 3.60. The number of H-pyrrole nitrogens is 1. The van der Waals surface area contributed by atoms with Gasteiger partial charge < -0.3 is 9.64 Å². The van der Waals surface area contributed by atoms with Crippen LogP contribution in [0.4, 0.5) is 0 Å². The highest BCUT2D eigenvalue weighted by molar-refractivity contribution is 5.94. The number of hydrogen-bond acceptors (Lipinski definition) is 4. The van der Waals surface area contributed by atoms with Gasteiger partial charge in [0, 0.05) is 19.3 Å². The third-order valence-electron chi connectivity index (χ3n) is 4.09. The molecule has 0 aromatic carbocycles. The van der Waals surface area contributed by atoms with Crippen LogP contribution >= 0.6 is 0 Å². The van der Waals surface area contributed by atoms with Crippen LogP contribution in [-0.4, -0.2) is 46.7 Å². The van der Waals surface area contributed by atoms with Gasteiger partial charge in [-0.25, -0.2) is 0 Å². The number of nitrogens with one attached hydrogen (secondary N) is 1. The van der Waals surface area contributed by atoms with Gasteiger partial charge in [-0.15, -0.1) is 0 Å². The van der Waals surface area contributed by atoms with E-state index in [1.165, 1.54) is 6.20 Å². The Bertz CT molecular complexity index is 485. The maximum Gasteiger partial charge on any atom is 0.309 e. The Hall–Kier alpha value is -1.85. The van der Waals surface area contributed by atoms with Crippen molar-refractivity contribution in [2.24, 2.45) is 17.8 Å². The minimum Gasteiger partial charge on any atom is -0.466 e. The van der Waals surface area contributed by atoms with Crippen molar-refractivity contribution in [2.75, 3.05) is 19.7 Å². The first-order valence-corrected chi connectivity index (χ1v) is 6.67. The molecule has 0 bridgehead atoms. The zero-order chi connectivity index (χ0) is 13.4. The fraction of sp³-hybridized carbons (Fsp3) is 0.615. The number of carbonyl (C=O) groups excluding carboxylic acids is 2. The predicted molar refractivity (Wildman–Crippen MR) is 66.2 cm³/mol. The van der Waals surface area contributed by atoms with Crippen molar-refractivity contribution in [2.45, 2.75) is 13.3 Å². The standard InChI is InChI=1S/C13H17N3O3/c1-2-19-13(18)11-9-3-4-16(7-10(9)11)12(17)8-5-14-15-6-8/h5-6,9-11H,2-4,7H2,1H3,(H,14,15)/t9-,10+,11-/m1/s1. The molecule has 0 radical (unpaired) electrons. The number of amides is 1. The molecule has 0 spiro atoms. The fourth-order valence-corrected chi connectivity index (χ4v) is 3.06. The van der Waals surface area contributed by atoms with Gasteiger partial charge >= 0.3 is 5.97 Å². The summed E-state index contributed by atoms with van der Waals surface area (Å²) in [5.41, 5.74) is 0.576. The quantitative estimate of drug-likeness (QED) is 0.814. The lowest BCUT2D eigenvalue weighted by atomic mass is 10.1. The van der Waals surface area contributed by atoms with Gasteiger partial charge in [0.05, 0.1) is 24.3 Å². The number of nitrogens with zero attached hydrogens (tertiary/aromatic N) is 2. The van der Waals surface area contributed by atoms with Crippen molar-refractivity contribution in [3.05, 3.63) is 18.0 Å². The molecular weight excluding hydrogens is 246 g/mol. The lowest BCUT2D eigenvalue weighted by Crippen LogP contribution is -2.36. The summed E-state index contributed by atoms with van der Waals surface area (Å²) in [6, 6.07) is 0.